The minimum Gasteiger partial charge on any atom is -0.389 e. The number of aromatic nitrogens is 4. The maximum Gasteiger partial charge on any atom is 0.182 e. The molecule has 2 N–H and O–H groups in total. The van der Waals surface area contributed by atoms with Gasteiger partial charge in [-0.15, -0.1) is 5.10 Å². The van der Waals surface area contributed by atoms with Gasteiger partial charge in [0.25, 0.3) is 0 Å². The molecule has 0 fully saturated rings. The van der Waals surface area contributed by atoms with Crippen LogP contribution in [0.2, 0.25) is 0 Å². The smallest absolute Gasteiger partial charge is 0.182 e. The summed E-state index contributed by atoms with van der Waals surface area (Å²) in [7, 11) is 0. The van der Waals surface area contributed by atoms with Crippen molar-refractivity contribution in [3.05, 3.63) is 71.9 Å². The molecule has 0 aliphatic carbocycles. The summed E-state index contributed by atoms with van der Waals surface area (Å²) >= 11 is 5.29. The Hall–Kier alpha value is -3.19. The zero-order valence-electron chi connectivity index (χ0n) is 13.8. The fraction of sp³-hybridized carbons (Fsp3) is 0.0526. The molecule has 0 saturated heterocycles. The first-order valence-corrected chi connectivity index (χ1v) is 8.32. The zero-order chi connectivity index (χ0) is 18.3. The number of nitrogens with two attached hydrogens (primary N) is 1. The molecule has 4 aromatic rings. The highest BCUT2D eigenvalue weighted by Gasteiger charge is 2.19. The molecule has 1 aromatic carbocycles. The van der Waals surface area contributed by atoms with E-state index in [0.29, 0.717) is 22.6 Å². The van der Waals surface area contributed by atoms with Crippen LogP contribution in [0.5, 0.6) is 0 Å². The average Bonchev–Trinajstić information content (AvgIpc) is 3.08. The first kappa shape index (κ1) is 16.3. The Morgan fingerprint density at radius 2 is 1.92 bits per heavy atom. The maximum atomic E-state index is 13.2. The van der Waals surface area contributed by atoms with Gasteiger partial charge in [-0.05, 0) is 48.9 Å². The molecule has 0 atom stereocenters. The largest absolute Gasteiger partial charge is 0.389 e. The number of pyridine rings is 2. The second-order valence-corrected chi connectivity index (χ2v) is 6.30. The Labute approximate surface area is 154 Å². The molecule has 4 rings (SSSR count). The van der Waals surface area contributed by atoms with E-state index in [1.807, 2.05) is 25.1 Å². The summed E-state index contributed by atoms with van der Waals surface area (Å²) in [6.07, 6.45) is 3.46. The summed E-state index contributed by atoms with van der Waals surface area (Å²) in [6, 6.07) is 11.8. The van der Waals surface area contributed by atoms with Gasteiger partial charge in [0.15, 0.2) is 11.5 Å². The SMILES string of the molecule is Cc1cc(-c2cccnc2)c(C(N)=S)c2nc(-c3ccc(F)cc3)nn12. The van der Waals surface area contributed by atoms with Crippen LogP contribution in [0.1, 0.15) is 11.3 Å². The molecule has 0 aliphatic rings. The Bertz CT molecular complexity index is 1120. The van der Waals surface area contributed by atoms with Crippen molar-refractivity contribution in [2.24, 2.45) is 5.73 Å². The van der Waals surface area contributed by atoms with E-state index >= 15 is 0 Å². The third-order valence-electron chi connectivity index (χ3n) is 4.11. The minimum atomic E-state index is -0.309. The van der Waals surface area contributed by atoms with Gasteiger partial charge < -0.3 is 5.73 Å². The molecule has 0 amide bonds. The number of aryl methyl sites for hydroxylation is 1. The monoisotopic (exact) mass is 363 g/mol. The predicted octanol–water partition coefficient (Wildman–Crippen LogP) is 3.54. The van der Waals surface area contributed by atoms with Gasteiger partial charge in [0.1, 0.15) is 10.8 Å². The highest BCUT2D eigenvalue weighted by Crippen LogP contribution is 2.29. The first-order chi connectivity index (χ1) is 12.5. The molecule has 128 valence electrons. The van der Waals surface area contributed by atoms with E-state index in [0.717, 1.165) is 16.8 Å². The van der Waals surface area contributed by atoms with Gasteiger partial charge in [0, 0.05) is 29.2 Å². The molecule has 3 heterocycles. The molecule has 0 unspecified atom stereocenters. The van der Waals surface area contributed by atoms with Crippen LogP contribution in [-0.2, 0) is 0 Å². The van der Waals surface area contributed by atoms with Crippen LogP contribution in [0.15, 0.2) is 54.9 Å². The number of hydrogen-bond acceptors (Lipinski definition) is 4. The van der Waals surface area contributed by atoms with Crippen molar-refractivity contribution in [1.29, 1.82) is 0 Å². The molecule has 0 spiro atoms. The van der Waals surface area contributed by atoms with Crippen LogP contribution in [0.4, 0.5) is 4.39 Å². The number of thiocarbonyl (C=S) groups is 1. The fourth-order valence-electron chi connectivity index (χ4n) is 2.90. The van der Waals surface area contributed by atoms with Crippen molar-refractivity contribution in [1.82, 2.24) is 19.6 Å². The van der Waals surface area contributed by atoms with E-state index in [1.165, 1.54) is 12.1 Å². The third-order valence-corrected chi connectivity index (χ3v) is 4.31. The summed E-state index contributed by atoms with van der Waals surface area (Å²) in [5, 5.41) is 4.54. The van der Waals surface area contributed by atoms with Crippen LogP contribution >= 0.6 is 12.2 Å². The Morgan fingerprint density at radius 3 is 2.58 bits per heavy atom. The summed E-state index contributed by atoms with van der Waals surface area (Å²) in [5.74, 6) is 0.172. The lowest BCUT2D eigenvalue weighted by Gasteiger charge is -2.11. The van der Waals surface area contributed by atoms with E-state index in [1.54, 1.807) is 29.0 Å². The lowest BCUT2D eigenvalue weighted by atomic mass is 10.0. The first-order valence-electron chi connectivity index (χ1n) is 7.91. The van der Waals surface area contributed by atoms with Crippen LogP contribution in [0, 0.1) is 12.7 Å². The van der Waals surface area contributed by atoms with Gasteiger partial charge in [-0.2, -0.15) is 0 Å². The van der Waals surface area contributed by atoms with Gasteiger partial charge in [-0.1, -0.05) is 18.3 Å². The van der Waals surface area contributed by atoms with E-state index < -0.39 is 0 Å². The van der Waals surface area contributed by atoms with Crippen molar-refractivity contribution in [2.45, 2.75) is 6.92 Å². The molecule has 0 saturated carbocycles. The average molecular weight is 363 g/mol. The normalized spacial score (nSPS) is 11.0. The van der Waals surface area contributed by atoms with Crippen LogP contribution in [0.25, 0.3) is 28.2 Å². The van der Waals surface area contributed by atoms with Crippen LogP contribution in [0.3, 0.4) is 0 Å². The van der Waals surface area contributed by atoms with Crippen molar-refractivity contribution < 1.29 is 4.39 Å². The number of benzene rings is 1. The van der Waals surface area contributed by atoms with Crippen LogP contribution in [-0.4, -0.2) is 24.6 Å². The summed E-state index contributed by atoms with van der Waals surface area (Å²) in [6.45, 7) is 1.93. The Morgan fingerprint density at radius 1 is 1.15 bits per heavy atom. The lowest BCUT2D eigenvalue weighted by Crippen LogP contribution is -2.14. The van der Waals surface area contributed by atoms with E-state index in [-0.39, 0.29) is 10.8 Å². The van der Waals surface area contributed by atoms with E-state index in [4.69, 9.17) is 18.0 Å². The van der Waals surface area contributed by atoms with E-state index in [2.05, 4.69) is 15.1 Å². The van der Waals surface area contributed by atoms with Crippen LogP contribution < -0.4 is 5.73 Å². The summed E-state index contributed by atoms with van der Waals surface area (Å²) in [4.78, 5) is 9.02. The van der Waals surface area contributed by atoms with Crippen molar-refractivity contribution in [2.75, 3.05) is 0 Å². The van der Waals surface area contributed by atoms with Gasteiger partial charge in [-0.25, -0.2) is 13.9 Å². The summed E-state index contributed by atoms with van der Waals surface area (Å²) < 4.78 is 14.9. The molecular formula is C19H14FN5S. The van der Waals surface area contributed by atoms with Gasteiger partial charge in [-0.3, -0.25) is 4.98 Å². The molecule has 0 aliphatic heterocycles. The number of nitrogens with zero attached hydrogens (tertiary/aromatic N) is 4. The Kier molecular flexibility index (Phi) is 3.93. The molecule has 26 heavy (non-hydrogen) atoms. The minimum absolute atomic E-state index is 0.229. The highest BCUT2D eigenvalue weighted by molar-refractivity contribution is 7.80. The maximum absolute atomic E-state index is 13.2. The topological polar surface area (TPSA) is 69.1 Å². The standard InChI is InChI=1S/C19H14FN5S/c1-11-9-15(13-3-2-8-22-10-13)16(17(21)26)19-23-18(24-25(11)19)12-4-6-14(20)7-5-12/h2-10H,1H3,(H2,21,26). The second-order valence-electron chi connectivity index (χ2n) is 5.86. The molecule has 0 bridgehead atoms. The van der Waals surface area contributed by atoms with Crippen molar-refractivity contribution in [3.8, 4) is 22.5 Å². The summed E-state index contributed by atoms with van der Waals surface area (Å²) in [5.41, 5.74) is 10.6. The molecule has 7 heteroatoms. The second kappa shape index (κ2) is 6.27. The van der Waals surface area contributed by atoms with Gasteiger partial charge >= 0.3 is 0 Å². The number of halogens is 1. The molecule has 5 nitrogen and oxygen atoms in total. The fourth-order valence-corrected chi connectivity index (χ4v) is 3.10. The highest BCUT2D eigenvalue weighted by atomic mass is 32.1. The number of rotatable bonds is 3. The quantitative estimate of drug-likeness (QED) is 0.564. The van der Waals surface area contributed by atoms with E-state index in [9.17, 15) is 4.39 Å². The zero-order valence-corrected chi connectivity index (χ0v) is 14.7. The molecule has 3 aromatic heterocycles. The molecular weight excluding hydrogens is 349 g/mol. The molecule has 0 radical (unpaired) electrons. The predicted molar refractivity (Wildman–Crippen MR) is 102 cm³/mol. The van der Waals surface area contributed by atoms with Crippen molar-refractivity contribution >= 4 is 22.9 Å². The van der Waals surface area contributed by atoms with Crippen molar-refractivity contribution in [3.63, 3.8) is 0 Å². The number of hydrogen-bond donors (Lipinski definition) is 1. The third kappa shape index (κ3) is 2.72. The van der Waals surface area contributed by atoms with Gasteiger partial charge in [0.2, 0.25) is 0 Å². The Balaban J connectivity index is 2.00. The number of fused-ring (bicyclic) bond motifs is 1. The lowest BCUT2D eigenvalue weighted by molar-refractivity contribution is 0.628. The van der Waals surface area contributed by atoms with Gasteiger partial charge in [0.05, 0.1) is 5.56 Å².